The largest absolute Gasteiger partial charge is 0.368 e. The van der Waals surface area contributed by atoms with E-state index in [0.29, 0.717) is 11.3 Å². The van der Waals surface area contributed by atoms with Gasteiger partial charge in [0.25, 0.3) is 0 Å². The van der Waals surface area contributed by atoms with Crippen molar-refractivity contribution in [2.45, 2.75) is 52.9 Å². The second-order valence-corrected chi connectivity index (χ2v) is 10.4. The third kappa shape index (κ3) is 4.26. The quantitative estimate of drug-likeness (QED) is 0.568. The van der Waals surface area contributed by atoms with E-state index in [0.717, 1.165) is 11.5 Å². The van der Waals surface area contributed by atoms with Crippen molar-refractivity contribution in [1.29, 1.82) is 0 Å². The second-order valence-electron chi connectivity index (χ2n) is 6.64. The molecule has 0 fully saturated rings. The predicted octanol–water partition coefficient (Wildman–Crippen LogP) is 6.43. The molecule has 2 nitrogen and oxygen atoms in total. The van der Waals surface area contributed by atoms with Crippen LogP contribution >= 0.6 is 7.72 Å². The maximum absolute atomic E-state index is 6.50. The Labute approximate surface area is 141 Å². The van der Waals surface area contributed by atoms with E-state index in [1.165, 1.54) is 11.1 Å². The summed E-state index contributed by atoms with van der Waals surface area (Å²) in [6.07, 6.45) is 0. The van der Waals surface area contributed by atoms with Gasteiger partial charge < -0.3 is 9.05 Å². The van der Waals surface area contributed by atoms with Gasteiger partial charge in [0.15, 0.2) is 11.5 Å². The van der Waals surface area contributed by atoms with Gasteiger partial charge in [0.1, 0.15) is 11.3 Å². The van der Waals surface area contributed by atoms with Crippen LogP contribution in [0.3, 0.4) is 0 Å². The van der Waals surface area contributed by atoms with Crippen LogP contribution in [0.15, 0.2) is 48.5 Å². The molecule has 124 valence electrons. The Morgan fingerprint density at radius 2 is 0.913 bits per heavy atom. The highest BCUT2D eigenvalue weighted by Crippen LogP contribution is 2.67. The zero-order valence-corrected chi connectivity index (χ0v) is 15.9. The van der Waals surface area contributed by atoms with Crippen LogP contribution in [-0.4, -0.2) is 11.3 Å². The van der Waals surface area contributed by atoms with Crippen LogP contribution in [0.4, 0.5) is 0 Å². The molecule has 2 aromatic carbocycles. The molecule has 3 heteroatoms. The highest BCUT2D eigenvalue weighted by atomic mass is 31.2. The lowest BCUT2D eigenvalue weighted by Crippen LogP contribution is -2.25. The van der Waals surface area contributed by atoms with Gasteiger partial charge >= 0.3 is 7.72 Å². The SMILES string of the molecule is Cc1ccc(O[P+](Oc2ccc(C)cc2)(C(C)C)C(C)C)cc1. The number of benzene rings is 2. The average molecular weight is 331 g/mol. The first-order chi connectivity index (χ1) is 10.8. The van der Waals surface area contributed by atoms with Gasteiger partial charge in [0, 0.05) is 0 Å². The van der Waals surface area contributed by atoms with Gasteiger partial charge in [0.2, 0.25) is 0 Å². The maximum Gasteiger partial charge on any atom is 0.368 e. The lowest BCUT2D eigenvalue weighted by Gasteiger charge is -2.31. The van der Waals surface area contributed by atoms with Gasteiger partial charge in [-0.2, -0.15) is 0 Å². The number of hydrogen-bond donors (Lipinski definition) is 0. The lowest BCUT2D eigenvalue weighted by atomic mass is 10.2. The fourth-order valence-corrected chi connectivity index (χ4v) is 5.54. The molecular formula is C20H28O2P+. The molecule has 0 aliphatic heterocycles. The van der Waals surface area contributed by atoms with Crippen molar-refractivity contribution in [3.8, 4) is 11.5 Å². The number of hydrogen-bond acceptors (Lipinski definition) is 2. The van der Waals surface area contributed by atoms with Crippen molar-refractivity contribution >= 4 is 7.72 Å². The third-order valence-electron chi connectivity index (χ3n) is 3.98. The Hall–Kier alpha value is -1.53. The molecule has 0 bridgehead atoms. The summed E-state index contributed by atoms with van der Waals surface area (Å²) in [6.45, 7) is 12.9. The number of rotatable bonds is 6. The molecule has 0 radical (unpaired) electrons. The Balaban J connectivity index is 2.34. The fraction of sp³-hybridized carbons (Fsp3) is 0.400. The van der Waals surface area contributed by atoms with Crippen LogP contribution in [-0.2, 0) is 0 Å². The molecule has 23 heavy (non-hydrogen) atoms. The van der Waals surface area contributed by atoms with Crippen molar-refractivity contribution in [3.05, 3.63) is 59.7 Å². The van der Waals surface area contributed by atoms with Gasteiger partial charge in [-0.1, -0.05) is 35.4 Å². The summed E-state index contributed by atoms with van der Waals surface area (Å²) in [5.41, 5.74) is 3.08. The van der Waals surface area contributed by atoms with E-state index in [9.17, 15) is 0 Å². The first-order valence-corrected chi connectivity index (χ1v) is 10.0. The summed E-state index contributed by atoms with van der Waals surface area (Å²) in [4.78, 5) is 0. The molecule has 0 atom stereocenters. The molecule has 0 saturated heterocycles. The lowest BCUT2D eigenvalue weighted by molar-refractivity contribution is 0.438. The van der Waals surface area contributed by atoms with Crippen molar-refractivity contribution in [2.75, 3.05) is 0 Å². The Kier molecular flexibility index (Phi) is 5.70. The first kappa shape index (κ1) is 17.8. The molecule has 0 N–H and O–H groups in total. The zero-order chi connectivity index (χ0) is 17.0. The summed E-state index contributed by atoms with van der Waals surface area (Å²) in [7, 11) is -2.11. The summed E-state index contributed by atoms with van der Waals surface area (Å²) < 4.78 is 13.0. The molecular weight excluding hydrogens is 303 g/mol. The van der Waals surface area contributed by atoms with E-state index in [1.807, 2.05) is 24.3 Å². The van der Waals surface area contributed by atoms with Crippen molar-refractivity contribution in [3.63, 3.8) is 0 Å². The van der Waals surface area contributed by atoms with Crippen LogP contribution in [0.1, 0.15) is 38.8 Å². The normalized spacial score (nSPS) is 11.8. The summed E-state index contributed by atoms with van der Waals surface area (Å²) >= 11 is 0. The third-order valence-corrected chi connectivity index (χ3v) is 7.85. The maximum atomic E-state index is 6.50. The minimum Gasteiger partial charge on any atom is -0.310 e. The molecule has 0 aromatic heterocycles. The smallest absolute Gasteiger partial charge is 0.310 e. The molecule has 0 spiro atoms. The van der Waals surface area contributed by atoms with Crippen molar-refractivity contribution < 1.29 is 9.05 Å². The van der Waals surface area contributed by atoms with Crippen LogP contribution in [0.2, 0.25) is 0 Å². The summed E-state index contributed by atoms with van der Waals surface area (Å²) in [5.74, 6) is 1.77. The van der Waals surface area contributed by atoms with Gasteiger partial charge in [-0.15, -0.1) is 0 Å². The molecule has 0 aliphatic rings. The molecule has 0 unspecified atom stereocenters. The molecule has 0 amide bonds. The highest BCUT2D eigenvalue weighted by Gasteiger charge is 2.52. The monoisotopic (exact) mass is 331 g/mol. The first-order valence-electron chi connectivity index (χ1n) is 8.24. The van der Waals surface area contributed by atoms with Crippen LogP contribution < -0.4 is 9.05 Å². The Morgan fingerprint density at radius 3 is 1.17 bits per heavy atom. The molecule has 2 aromatic rings. The average Bonchev–Trinajstić information content (AvgIpc) is 2.50. The van der Waals surface area contributed by atoms with Gasteiger partial charge in [0.05, 0.1) is 0 Å². The van der Waals surface area contributed by atoms with Gasteiger partial charge in [-0.05, 0) is 65.8 Å². The molecule has 0 heterocycles. The van der Waals surface area contributed by atoms with Crippen molar-refractivity contribution in [1.82, 2.24) is 0 Å². The standard InChI is InChI=1S/C20H28O2P/c1-15(2)23(16(3)4,21-19-11-7-17(5)8-12-19)22-20-13-9-18(6)10-14-20/h7-16H,1-6H3/q+1. The second kappa shape index (κ2) is 7.36. The van der Waals surface area contributed by atoms with Gasteiger partial charge in [-0.25, -0.2) is 0 Å². The zero-order valence-electron chi connectivity index (χ0n) is 15.0. The summed E-state index contributed by atoms with van der Waals surface area (Å²) in [6, 6.07) is 16.5. The van der Waals surface area contributed by atoms with E-state index < -0.39 is 7.72 Å². The fourth-order valence-electron chi connectivity index (χ4n) is 2.56. The van der Waals surface area contributed by atoms with E-state index in [4.69, 9.17) is 9.05 Å². The van der Waals surface area contributed by atoms with Crippen molar-refractivity contribution in [2.24, 2.45) is 0 Å². The summed E-state index contributed by atoms with van der Waals surface area (Å²) in [5, 5.41) is 0. The molecule has 0 saturated carbocycles. The van der Waals surface area contributed by atoms with Crippen LogP contribution in [0.25, 0.3) is 0 Å². The Bertz CT molecular complexity index is 558. The van der Waals surface area contributed by atoms with Crippen LogP contribution in [0.5, 0.6) is 11.5 Å². The highest BCUT2D eigenvalue weighted by molar-refractivity contribution is 7.68. The van der Waals surface area contributed by atoms with Crippen LogP contribution in [0, 0.1) is 13.8 Å². The number of aryl methyl sites for hydroxylation is 2. The molecule has 0 aliphatic carbocycles. The van der Waals surface area contributed by atoms with Gasteiger partial charge in [-0.3, -0.25) is 0 Å². The predicted molar refractivity (Wildman–Crippen MR) is 101 cm³/mol. The minimum absolute atomic E-state index is 0.310. The van der Waals surface area contributed by atoms with E-state index >= 15 is 0 Å². The Morgan fingerprint density at radius 1 is 0.609 bits per heavy atom. The van der Waals surface area contributed by atoms with E-state index in [1.54, 1.807) is 0 Å². The topological polar surface area (TPSA) is 18.5 Å². The minimum atomic E-state index is -2.11. The van der Waals surface area contributed by atoms with E-state index in [2.05, 4.69) is 65.8 Å². The molecule has 2 rings (SSSR count). The van der Waals surface area contributed by atoms with E-state index in [-0.39, 0.29) is 0 Å².